The number of piperazine rings is 1. The van der Waals surface area contributed by atoms with Crippen molar-refractivity contribution in [1.82, 2.24) is 15.5 Å². The van der Waals surface area contributed by atoms with E-state index >= 15 is 0 Å². The van der Waals surface area contributed by atoms with Gasteiger partial charge in [0.2, 0.25) is 0 Å². The van der Waals surface area contributed by atoms with E-state index in [4.69, 9.17) is 0 Å². The molecule has 0 bridgehead atoms. The molecule has 0 aromatic heterocycles. The van der Waals surface area contributed by atoms with Crippen LogP contribution in [0.4, 0.5) is 0 Å². The molecule has 3 nitrogen and oxygen atoms in total. The van der Waals surface area contributed by atoms with Crippen molar-refractivity contribution in [2.24, 2.45) is 0 Å². The Kier molecular flexibility index (Phi) is 1.41. The minimum atomic E-state index is 0.652. The molecule has 2 rings (SSSR count). The minimum Gasteiger partial charge on any atom is -0.314 e. The SMILES string of the molecule is [CH]1NCN2CCNCC12. The maximum absolute atomic E-state index is 3.34. The van der Waals surface area contributed by atoms with Gasteiger partial charge in [-0.25, -0.2) is 0 Å². The first-order valence-corrected chi connectivity index (χ1v) is 3.48. The van der Waals surface area contributed by atoms with Crippen molar-refractivity contribution in [3.8, 4) is 0 Å². The third kappa shape index (κ3) is 0.956. The molecule has 1 radical (unpaired) electrons. The molecule has 51 valence electrons. The molecule has 0 aliphatic carbocycles. The summed E-state index contributed by atoms with van der Waals surface area (Å²) in [4.78, 5) is 2.44. The van der Waals surface area contributed by atoms with E-state index in [0.717, 1.165) is 19.8 Å². The lowest BCUT2D eigenvalue weighted by Gasteiger charge is -2.28. The zero-order valence-electron chi connectivity index (χ0n) is 5.43. The summed E-state index contributed by atoms with van der Waals surface area (Å²) in [6.07, 6.45) is 0. The number of hydrogen-bond donors (Lipinski definition) is 2. The van der Waals surface area contributed by atoms with Gasteiger partial charge in [0.15, 0.2) is 0 Å². The van der Waals surface area contributed by atoms with Crippen molar-refractivity contribution in [3.63, 3.8) is 0 Å². The van der Waals surface area contributed by atoms with Crippen LogP contribution in [-0.4, -0.2) is 37.2 Å². The first-order chi connectivity index (χ1) is 4.47. The van der Waals surface area contributed by atoms with Crippen LogP contribution in [0.25, 0.3) is 0 Å². The summed E-state index contributed by atoms with van der Waals surface area (Å²) >= 11 is 0. The molecule has 0 saturated carbocycles. The highest BCUT2D eigenvalue weighted by Gasteiger charge is 2.25. The van der Waals surface area contributed by atoms with E-state index in [1.165, 1.54) is 6.54 Å². The van der Waals surface area contributed by atoms with Crippen molar-refractivity contribution in [2.45, 2.75) is 6.04 Å². The maximum Gasteiger partial charge on any atom is 0.0488 e. The normalized spacial score (nSPS) is 36.7. The van der Waals surface area contributed by atoms with Crippen LogP contribution in [0.5, 0.6) is 0 Å². The van der Waals surface area contributed by atoms with Crippen LogP contribution in [0.3, 0.4) is 0 Å². The molecule has 2 N–H and O–H groups in total. The fourth-order valence-corrected chi connectivity index (χ4v) is 1.43. The van der Waals surface area contributed by atoms with Gasteiger partial charge in [-0.05, 0) is 0 Å². The number of fused-ring (bicyclic) bond motifs is 1. The topological polar surface area (TPSA) is 27.3 Å². The average molecular weight is 126 g/mol. The van der Waals surface area contributed by atoms with Crippen molar-refractivity contribution in [2.75, 3.05) is 26.3 Å². The zero-order chi connectivity index (χ0) is 6.10. The molecule has 3 heteroatoms. The standard InChI is InChI=1S/C6H12N3/c1-2-9-5-8-4-6(9)3-7-1/h4,6-8H,1-3,5H2. The van der Waals surface area contributed by atoms with E-state index in [2.05, 4.69) is 22.1 Å². The van der Waals surface area contributed by atoms with Crippen LogP contribution >= 0.6 is 0 Å². The van der Waals surface area contributed by atoms with Crippen molar-refractivity contribution >= 4 is 0 Å². The lowest BCUT2D eigenvalue weighted by molar-refractivity contribution is 0.223. The second kappa shape index (κ2) is 2.25. The van der Waals surface area contributed by atoms with Crippen molar-refractivity contribution in [3.05, 3.63) is 6.54 Å². The molecule has 2 aliphatic heterocycles. The predicted octanol–water partition coefficient (Wildman–Crippen LogP) is -1.02. The summed E-state index contributed by atoms with van der Waals surface area (Å²) in [6.45, 7) is 6.67. The van der Waals surface area contributed by atoms with Crippen molar-refractivity contribution < 1.29 is 0 Å². The van der Waals surface area contributed by atoms with Gasteiger partial charge >= 0.3 is 0 Å². The fourth-order valence-electron chi connectivity index (χ4n) is 1.43. The van der Waals surface area contributed by atoms with E-state index in [9.17, 15) is 0 Å². The first kappa shape index (κ1) is 5.65. The highest BCUT2D eigenvalue weighted by Crippen LogP contribution is 2.08. The van der Waals surface area contributed by atoms with Crippen molar-refractivity contribution in [1.29, 1.82) is 0 Å². The highest BCUT2D eigenvalue weighted by molar-refractivity contribution is 4.93. The fraction of sp³-hybridized carbons (Fsp3) is 0.833. The summed E-state index contributed by atoms with van der Waals surface area (Å²) in [5.74, 6) is 0. The molecule has 0 spiro atoms. The van der Waals surface area contributed by atoms with Gasteiger partial charge in [-0.15, -0.1) is 0 Å². The van der Waals surface area contributed by atoms with Gasteiger partial charge in [0.05, 0.1) is 0 Å². The maximum atomic E-state index is 3.34. The van der Waals surface area contributed by atoms with Crippen LogP contribution in [0.1, 0.15) is 0 Å². The molecule has 0 aromatic rings. The van der Waals surface area contributed by atoms with E-state index < -0.39 is 0 Å². The van der Waals surface area contributed by atoms with E-state index in [-0.39, 0.29) is 0 Å². The average Bonchev–Trinajstić information content (AvgIpc) is 2.33. The number of nitrogens with one attached hydrogen (secondary N) is 2. The molecule has 1 atom stereocenters. The first-order valence-electron chi connectivity index (χ1n) is 3.48. The van der Waals surface area contributed by atoms with E-state index in [1.54, 1.807) is 0 Å². The van der Waals surface area contributed by atoms with Gasteiger partial charge in [0, 0.05) is 38.9 Å². The second-order valence-electron chi connectivity index (χ2n) is 2.61. The lowest BCUT2D eigenvalue weighted by atomic mass is 10.2. The Morgan fingerprint density at radius 2 is 2.56 bits per heavy atom. The molecule has 2 fully saturated rings. The third-order valence-corrected chi connectivity index (χ3v) is 2.00. The highest BCUT2D eigenvalue weighted by atomic mass is 15.3. The second-order valence-corrected chi connectivity index (χ2v) is 2.61. The van der Waals surface area contributed by atoms with Crippen LogP contribution < -0.4 is 10.6 Å². The predicted molar refractivity (Wildman–Crippen MR) is 35.7 cm³/mol. The zero-order valence-corrected chi connectivity index (χ0v) is 5.43. The lowest BCUT2D eigenvalue weighted by Crippen LogP contribution is -2.47. The van der Waals surface area contributed by atoms with Gasteiger partial charge in [-0.2, -0.15) is 0 Å². The Bertz CT molecular complexity index is 92.5. The molecule has 0 amide bonds. The minimum absolute atomic E-state index is 0.652. The summed E-state index contributed by atoms with van der Waals surface area (Å²) in [5.41, 5.74) is 0. The third-order valence-electron chi connectivity index (χ3n) is 2.00. The molecule has 2 heterocycles. The smallest absolute Gasteiger partial charge is 0.0488 e. The Hall–Kier alpha value is -0.120. The van der Waals surface area contributed by atoms with Gasteiger partial charge in [-0.3, -0.25) is 10.2 Å². The van der Waals surface area contributed by atoms with Crippen LogP contribution in [0, 0.1) is 6.54 Å². The summed E-state index contributed by atoms with van der Waals surface area (Å²) in [7, 11) is 0. The van der Waals surface area contributed by atoms with Gasteiger partial charge in [0.1, 0.15) is 0 Å². The van der Waals surface area contributed by atoms with Gasteiger partial charge < -0.3 is 5.32 Å². The Morgan fingerprint density at radius 1 is 1.56 bits per heavy atom. The van der Waals surface area contributed by atoms with Gasteiger partial charge in [0.25, 0.3) is 0 Å². The molecule has 2 aliphatic rings. The number of hydrogen-bond acceptors (Lipinski definition) is 3. The monoisotopic (exact) mass is 126 g/mol. The van der Waals surface area contributed by atoms with E-state index in [1.807, 2.05) is 0 Å². The Labute approximate surface area is 55.4 Å². The molecular formula is C6H12N3. The Balaban J connectivity index is 1.97. The van der Waals surface area contributed by atoms with Crippen LogP contribution in [-0.2, 0) is 0 Å². The van der Waals surface area contributed by atoms with Crippen LogP contribution in [0.2, 0.25) is 0 Å². The largest absolute Gasteiger partial charge is 0.314 e. The molecule has 1 unspecified atom stereocenters. The number of nitrogens with zero attached hydrogens (tertiary/aromatic N) is 1. The summed E-state index contributed by atoms with van der Waals surface area (Å²) in [5, 5.41) is 6.57. The summed E-state index contributed by atoms with van der Waals surface area (Å²) in [6, 6.07) is 0.652. The molecule has 0 aromatic carbocycles. The quantitative estimate of drug-likeness (QED) is 0.435. The number of rotatable bonds is 0. The molecule has 9 heavy (non-hydrogen) atoms. The van der Waals surface area contributed by atoms with Crippen LogP contribution in [0.15, 0.2) is 0 Å². The van der Waals surface area contributed by atoms with E-state index in [0.29, 0.717) is 6.04 Å². The molecule has 2 saturated heterocycles. The summed E-state index contributed by atoms with van der Waals surface area (Å²) < 4.78 is 0. The van der Waals surface area contributed by atoms with Gasteiger partial charge in [-0.1, -0.05) is 0 Å². The Morgan fingerprint density at radius 3 is 3.44 bits per heavy atom. The molecular weight excluding hydrogens is 114 g/mol.